The molecule has 0 aromatic carbocycles. The van der Waals surface area contributed by atoms with Gasteiger partial charge in [-0.15, -0.1) is 0 Å². The topological polar surface area (TPSA) is 115 Å². The summed E-state index contributed by atoms with van der Waals surface area (Å²) in [6.45, 7) is 8.16. The average Bonchev–Trinajstić information content (AvgIpc) is 2.77. The quantitative estimate of drug-likeness (QED) is 0.856. The van der Waals surface area contributed by atoms with Crippen LogP contribution in [-0.2, 0) is 14.8 Å². The number of amides is 1. The molecule has 1 saturated carbocycles. The molecule has 1 aromatic rings. The molecular formula is C16H27N3O4S. The Kier molecular flexibility index (Phi) is 5.27. The normalized spacial score (nSPS) is 22.3. The van der Waals surface area contributed by atoms with Crippen LogP contribution in [0.25, 0.3) is 0 Å². The summed E-state index contributed by atoms with van der Waals surface area (Å²) in [5, 5.41) is 3.41. The molecule has 136 valence electrons. The minimum Gasteiger partial charge on any atom is -0.380 e. The molecule has 1 aromatic heterocycles. The zero-order valence-electron chi connectivity index (χ0n) is 14.8. The Morgan fingerprint density at radius 2 is 1.88 bits per heavy atom. The van der Waals surface area contributed by atoms with Crippen molar-refractivity contribution in [2.45, 2.75) is 64.7 Å². The molecule has 1 heterocycles. The summed E-state index contributed by atoms with van der Waals surface area (Å²) >= 11 is 0. The molecule has 8 heteroatoms. The number of nitrogen functional groups attached to an aromatic ring is 1. The summed E-state index contributed by atoms with van der Waals surface area (Å²) < 4.78 is 31.4. The third-order valence-electron chi connectivity index (χ3n) is 4.90. The van der Waals surface area contributed by atoms with Crippen molar-refractivity contribution in [2.75, 3.05) is 5.73 Å². The van der Waals surface area contributed by atoms with Gasteiger partial charge in [0, 0.05) is 6.42 Å². The van der Waals surface area contributed by atoms with E-state index in [1.807, 2.05) is 0 Å². The zero-order valence-corrected chi connectivity index (χ0v) is 15.6. The fourth-order valence-corrected chi connectivity index (χ4v) is 4.66. The highest BCUT2D eigenvalue weighted by Crippen LogP contribution is 2.40. The van der Waals surface area contributed by atoms with Gasteiger partial charge >= 0.3 is 0 Å². The number of nitrogens with one attached hydrogen (secondary N) is 1. The molecule has 2 rings (SSSR count). The van der Waals surface area contributed by atoms with E-state index in [1.54, 1.807) is 0 Å². The summed E-state index contributed by atoms with van der Waals surface area (Å²) in [6.07, 6.45) is 4.26. The third-order valence-corrected chi connectivity index (χ3v) is 6.43. The number of carbonyl (C=O) groups excluding carboxylic acids is 1. The van der Waals surface area contributed by atoms with Gasteiger partial charge in [-0.05, 0) is 49.9 Å². The summed E-state index contributed by atoms with van der Waals surface area (Å²) in [6, 6.07) is 0. The molecule has 24 heavy (non-hydrogen) atoms. The van der Waals surface area contributed by atoms with Crippen LogP contribution >= 0.6 is 0 Å². The maximum Gasteiger partial charge on any atom is 0.271 e. The molecule has 0 radical (unpaired) electrons. The zero-order chi connectivity index (χ0) is 18.1. The standard InChI is InChI=1S/C16H27N3O4S/c1-10-14(15(17)18-23-10)24(21,22)19-13(20)9-11-5-7-12(8-6-11)16(2,3)4/h11-12H,5-9H2,1-4H3,(H2,17,18)(H,19,20). The second kappa shape index (κ2) is 6.74. The molecule has 1 aliphatic rings. The van der Waals surface area contributed by atoms with Crippen LogP contribution in [0.5, 0.6) is 0 Å². The lowest BCUT2D eigenvalue weighted by Crippen LogP contribution is -2.34. The second-order valence-electron chi connectivity index (χ2n) is 7.77. The van der Waals surface area contributed by atoms with E-state index in [0.29, 0.717) is 5.92 Å². The van der Waals surface area contributed by atoms with E-state index in [9.17, 15) is 13.2 Å². The number of carbonyl (C=O) groups is 1. The number of aromatic nitrogens is 1. The lowest BCUT2D eigenvalue weighted by Gasteiger charge is -2.36. The maximum absolute atomic E-state index is 12.3. The molecule has 1 aliphatic carbocycles. The van der Waals surface area contributed by atoms with Crippen molar-refractivity contribution in [3.05, 3.63) is 5.76 Å². The van der Waals surface area contributed by atoms with Crippen LogP contribution in [0.4, 0.5) is 5.82 Å². The van der Waals surface area contributed by atoms with E-state index >= 15 is 0 Å². The Labute approximate surface area is 143 Å². The molecule has 0 bridgehead atoms. The van der Waals surface area contributed by atoms with Gasteiger partial charge in [-0.2, -0.15) is 0 Å². The Balaban J connectivity index is 1.93. The molecule has 0 spiro atoms. The monoisotopic (exact) mass is 357 g/mol. The van der Waals surface area contributed by atoms with Crippen molar-refractivity contribution in [3.8, 4) is 0 Å². The average molecular weight is 357 g/mol. The first kappa shape index (κ1) is 18.8. The predicted octanol–water partition coefficient (Wildman–Crippen LogP) is 2.61. The van der Waals surface area contributed by atoms with Gasteiger partial charge in [0.2, 0.25) is 5.91 Å². The van der Waals surface area contributed by atoms with Crippen LogP contribution in [0, 0.1) is 24.2 Å². The molecule has 3 N–H and O–H groups in total. The van der Waals surface area contributed by atoms with Crippen LogP contribution in [0.15, 0.2) is 9.42 Å². The van der Waals surface area contributed by atoms with Crippen LogP contribution in [-0.4, -0.2) is 19.5 Å². The Bertz CT molecular complexity index is 676. The van der Waals surface area contributed by atoms with Crippen LogP contribution in [0.1, 0.15) is 58.6 Å². The van der Waals surface area contributed by atoms with E-state index in [2.05, 4.69) is 30.6 Å². The number of hydrogen-bond donors (Lipinski definition) is 2. The van der Waals surface area contributed by atoms with Gasteiger partial charge in [-0.3, -0.25) is 4.79 Å². The van der Waals surface area contributed by atoms with Gasteiger partial charge in [0.15, 0.2) is 16.5 Å². The summed E-state index contributed by atoms with van der Waals surface area (Å²) in [5.41, 5.74) is 5.79. The van der Waals surface area contributed by atoms with E-state index in [0.717, 1.165) is 25.7 Å². The fraction of sp³-hybridized carbons (Fsp3) is 0.750. The summed E-state index contributed by atoms with van der Waals surface area (Å²) in [4.78, 5) is 11.9. The first-order valence-corrected chi connectivity index (χ1v) is 9.76. The van der Waals surface area contributed by atoms with Gasteiger partial charge in [-0.25, -0.2) is 13.1 Å². The van der Waals surface area contributed by atoms with Gasteiger partial charge in [-0.1, -0.05) is 25.9 Å². The molecule has 7 nitrogen and oxygen atoms in total. The van der Waals surface area contributed by atoms with E-state index in [4.69, 9.17) is 10.3 Å². The summed E-state index contributed by atoms with van der Waals surface area (Å²) in [5.74, 6) is 0.200. The van der Waals surface area contributed by atoms with Crippen molar-refractivity contribution >= 4 is 21.7 Å². The number of rotatable bonds is 4. The molecule has 0 unspecified atom stereocenters. The Morgan fingerprint density at radius 3 is 2.33 bits per heavy atom. The summed E-state index contributed by atoms with van der Waals surface area (Å²) in [7, 11) is -4.04. The van der Waals surface area contributed by atoms with Crippen LogP contribution in [0.2, 0.25) is 0 Å². The SMILES string of the molecule is Cc1onc(N)c1S(=O)(=O)NC(=O)CC1CCC(C(C)(C)C)CC1. The first-order chi connectivity index (χ1) is 11.0. The third kappa shape index (κ3) is 4.28. The highest BCUT2D eigenvalue weighted by molar-refractivity contribution is 7.90. The minimum absolute atomic E-state index is 0.0680. The number of nitrogens with two attached hydrogens (primary N) is 1. The van der Waals surface area contributed by atoms with E-state index in [-0.39, 0.29) is 34.2 Å². The molecule has 0 saturated heterocycles. The second-order valence-corrected chi connectivity index (χ2v) is 9.39. The number of sulfonamides is 1. The van der Waals surface area contributed by atoms with Crippen molar-refractivity contribution in [3.63, 3.8) is 0 Å². The van der Waals surface area contributed by atoms with Crippen molar-refractivity contribution in [2.24, 2.45) is 17.3 Å². The number of nitrogens with zero attached hydrogens (tertiary/aromatic N) is 1. The smallest absolute Gasteiger partial charge is 0.271 e. The van der Waals surface area contributed by atoms with Crippen LogP contribution < -0.4 is 10.5 Å². The largest absolute Gasteiger partial charge is 0.380 e. The molecule has 0 aliphatic heterocycles. The lowest BCUT2D eigenvalue weighted by atomic mass is 9.69. The lowest BCUT2D eigenvalue weighted by molar-refractivity contribution is -0.120. The van der Waals surface area contributed by atoms with Gasteiger partial charge in [0.1, 0.15) is 0 Å². The predicted molar refractivity (Wildman–Crippen MR) is 90.5 cm³/mol. The minimum atomic E-state index is -4.04. The highest BCUT2D eigenvalue weighted by Gasteiger charge is 2.32. The van der Waals surface area contributed by atoms with Crippen LogP contribution in [0.3, 0.4) is 0 Å². The molecule has 1 fully saturated rings. The number of hydrogen-bond acceptors (Lipinski definition) is 6. The van der Waals surface area contributed by atoms with Gasteiger partial charge in [0.25, 0.3) is 10.0 Å². The fourth-order valence-electron chi connectivity index (χ4n) is 3.45. The molecule has 1 amide bonds. The van der Waals surface area contributed by atoms with Crippen molar-refractivity contribution in [1.82, 2.24) is 9.88 Å². The number of anilines is 1. The Hall–Kier alpha value is -1.57. The first-order valence-electron chi connectivity index (χ1n) is 8.28. The maximum atomic E-state index is 12.3. The van der Waals surface area contributed by atoms with E-state index < -0.39 is 15.9 Å². The van der Waals surface area contributed by atoms with Gasteiger partial charge < -0.3 is 10.3 Å². The van der Waals surface area contributed by atoms with E-state index in [1.165, 1.54) is 6.92 Å². The molecular weight excluding hydrogens is 330 g/mol. The van der Waals surface area contributed by atoms with Crippen molar-refractivity contribution < 1.29 is 17.7 Å². The highest BCUT2D eigenvalue weighted by atomic mass is 32.2. The molecule has 0 atom stereocenters. The van der Waals surface area contributed by atoms with Crippen molar-refractivity contribution in [1.29, 1.82) is 0 Å². The van der Waals surface area contributed by atoms with Gasteiger partial charge in [0.05, 0.1) is 0 Å². The number of aryl methyl sites for hydroxylation is 1. The Morgan fingerprint density at radius 1 is 1.29 bits per heavy atom.